The summed E-state index contributed by atoms with van der Waals surface area (Å²) >= 11 is 0. The molecule has 0 bridgehead atoms. The van der Waals surface area contributed by atoms with Crippen LogP contribution in [-0.2, 0) is 0 Å². The van der Waals surface area contributed by atoms with E-state index in [9.17, 15) is 0 Å². The van der Waals surface area contributed by atoms with Gasteiger partial charge in [-0.3, -0.25) is 0 Å². The van der Waals surface area contributed by atoms with Crippen LogP contribution in [0.3, 0.4) is 0 Å². The van der Waals surface area contributed by atoms with E-state index in [4.69, 9.17) is 9.47 Å². The van der Waals surface area contributed by atoms with E-state index in [1.165, 1.54) is 6.42 Å². The van der Waals surface area contributed by atoms with Crippen molar-refractivity contribution in [3.05, 3.63) is 24.3 Å². The maximum atomic E-state index is 5.78. The van der Waals surface area contributed by atoms with Crippen LogP contribution in [0.15, 0.2) is 24.3 Å². The third kappa shape index (κ3) is 6.80. The highest BCUT2D eigenvalue weighted by molar-refractivity contribution is 5.31. The monoisotopic (exact) mass is 279 g/mol. The summed E-state index contributed by atoms with van der Waals surface area (Å²) in [6.45, 7) is 9.67. The first-order valence-electron chi connectivity index (χ1n) is 7.63. The molecule has 0 saturated carbocycles. The SMILES string of the molecule is CCC(CCOc1ccc(OC)cc1)CNCC(C)C. The van der Waals surface area contributed by atoms with Gasteiger partial charge in [0.1, 0.15) is 11.5 Å². The molecular formula is C17H29NO2. The topological polar surface area (TPSA) is 30.5 Å². The van der Waals surface area contributed by atoms with E-state index >= 15 is 0 Å². The average Bonchev–Trinajstić information content (AvgIpc) is 2.46. The summed E-state index contributed by atoms with van der Waals surface area (Å²) in [7, 11) is 1.67. The summed E-state index contributed by atoms with van der Waals surface area (Å²) in [5, 5.41) is 3.53. The van der Waals surface area contributed by atoms with E-state index in [0.717, 1.165) is 37.6 Å². The van der Waals surface area contributed by atoms with Crippen LogP contribution >= 0.6 is 0 Å². The molecule has 0 aliphatic heterocycles. The fraction of sp³-hybridized carbons (Fsp3) is 0.647. The minimum Gasteiger partial charge on any atom is -0.497 e. The predicted molar refractivity (Wildman–Crippen MR) is 84.6 cm³/mol. The maximum absolute atomic E-state index is 5.78. The summed E-state index contributed by atoms with van der Waals surface area (Å²) < 4.78 is 10.9. The fourth-order valence-corrected chi connectivity index (χ4v) is 2.04. The van der Waals surface area contributed by atoms with Crippen LogP contribution < -0.4 is 14.8 Å². The molecule has 1 rings (SSSR count). The second-order valence-corrected chi connectivity index (χ2v) is 5.64. The van der Waals surface area contributed by atoms with Crippen molar-refractivity contribution in [2.45, 2.75) is 33.6 Å². The van der Waals surface area contributed by atoms with E-state index in [1.807, 2.05) is 24.3 Å². The molecule has 0 spiro atoms. The minimum absolute atomic E-state index is 0.687. The molecule has 0 aromatic heterocycles. The van der Waals surface area contributed by atoms with E-state index in [1.54, 1.807) is 7.11 Å². The average molecular weight is 279 g/mol. The van der Waals surface area contributed by atoms with Gasteiger partial charge in [-0.25, -0.2) is 0 Å². The predicted octanol–water partition coefficient (Wildman–Crippen LogP) is 3.74. The first-order chi connectivity index (χ1) is 9.65. The maximum Gasteiger partial charge on any atom is 0.119 e. The molecule has 3 heteroatoms. The highest BCUT2D eigenvalue weighted by Crippen LogP contribution is 2.18. The minimum atomic E-state index is 0.687. The lowest BCUT2D eigenvalue weighted by Gasteiger charge is -2.17. The van der Waals surface area contributed by atoms with Gasteiger partial charge in [-0.2, -0.15) is 0 Å². The van der Waals surface area contributed by atoms with Crippen molar-refractivity contribution in [1.29, 1.82) is 0 Å². The zero-order valence-electron chi connectivity index (χ0n) is 13.3. The largest absolute Gasteiger partial charge is 0.497 e. The van der Waals surface area contributed by atoms with Gasteiger partial charge in [0, 0.05) is 0 Å². The van der Waals surface area contributed by atoms with Gasteiger partial charge in [0.2, 0.25) is 0 Å². The van der Waals surface area contributed by atoms with Crippen LogP contribution in [0, 0.1) is 11.8 Å². The van der Waals surface area contributed by atoms with Gasteiger partial charge in [0.25, 0.3) is 0 Å². The number of ether oxygens (including phenoxy) is 2. The number of nitrogens with one attached hydrogen (secondary N) is 1. The van der Waals surface area contributed by atoms with Gasteiger partial charge >= 0.3 is 0 Å². The lowest BCUT2D eigenvalue weighted by molar-refractivity contribution is 0.269. The van der Waals surface area contributed by atoms with E-state index in [0.29, 0.717) is 11.8 Å². The van der Waals surface area contributed by atoms with Gasteiger partial charge in [-0.05, 0) is 55.6 Å². The van der Waals surface area contributed by atoms with Crippen molar-refractivity contribution >= 4 is 0 Å². The number of hydrogen-bond acceptors (Lipinski definition) is 3. The Kier molecular flexibility index (Phi) is 8.12. The Morgan fingerprint density at radius 2 is 1.70 bits per heavy atom. The highest BCUT2D eigenvalue weighted by atomic mass is 16.5. The first-order valence-corrected chi connectivity index (χ1v) is 7.63. The van der Waals surface area contributed by atoms with Gasteiger partial charge in [-0.1, -0.05) is 27.2 Å². The lowest BCUT2D eigenvalue weighted by atomic mass is 10.0. The van der Waals surface area contributed by atoms with Gasteiger partial charge in [0.15, 0.2) is 0 Å². The molecule has 0 fully saturated rings. The summed E-state index contributed by atoms with van der Waals surface area (Å²) in [4.78, 5) is 0. The molecular weight excluding hydrogens is 250 g/mol. The molecule has 1 aromatic carbocycles. The van der Waals surface area contributed by atoms with Crippen LogP contribution in [0.5, 0.6) is 11.5 Å². The van der Waals surface area contributed by atoms with Crippen molar-refractivity contribution in [1.82, 2.24) is 5.32 Å². The Bertz CT molecular complexity index is 349. The normalized spacial score (nSPS) is 12.4. The van der Waals surface area contributed by atoms with Crippen LogP contribution in [0.1, 0.15) is 33.6 Å². The zero-order valence-corrected chi connectivity index (χ0v) is 13.3. The van der Waals surface area contributed by atoms with Gasteiger partial charge in [0.05, 0.1) is 13.7 Å². The molecule has 114 valence electrons. The Morgan fingerprint density at radius 3 is 2.25 bits per heavy atom. The number of rotatable bonds is 10. The first kappa shape index (κ1) is 16.8. The molecule has 0 aliphatic carbocycles. The molecule has 3 nitrogen and oxygen atoms in total. The Balaban J connectivity index is 2.22. The highest BCUT2D eigenvalue weighted by Gasteiger charge is 2.07. The van der Waals surface area contributed by atoms with Crippen LogP contribution in [-0.4, -0.2) is 26.8 Å². The van der Waals surface area contributed by atoms with E-state index < -0.39 is 0 Å². The molecule has 0 saturated heterocycles. The number of hydrogen-bond donors (Lipinski definition) is 1. The second-order valence-electron chi connectivity index (χ2n) is 5.64. The standard InChI is InChI=1S/C17H29NO2/c1-5-15(13-18-12-14(2)3)10-11-20-17-8-6-16(19-4)7-9-17/h6-9,14-15,18H,5,10-13H2,1-4H3. The van der Waals surface area contributed by atoms with Crippen LogP contribution in [0.4, 0.5) is 0 Å². The summed E-state index contributed by atoms with van der Waals surface area (Å²) in [5.74, 6) is 3.17. The summed E-state index contributed by atoms with van der Waals surface area (Å²) in [5.41, 5.74) is 0. The van der Waals surface area contributed by atoms with Crippen LogP contribution in [0.2, 0.25) is 0 Å². The molecule has 0 amide bonds. The Morgan fingerprint density at radius 1 is 1.05 bits per heavy atom. The molecule has 0 aliphatic rings. The third-order valence-corrected chi connectivity index (χ3v) is 3.42. The second kappa shape index (κ2) is 9.65. The van der Waals surface area contributed by atoms with E-state index in [2.05, 4.69) is 26.1 Å². The Labute approximate surface area is 123 Å². The Hall–Kier alpha value is -1.22. The molecule has 1 N–H and O–H groups in total. The molecule has 1 atom stereocenters. The van der Waals surface area contributed by atoms with Crippen molar-refractivity contribution in [2.24, 2.45) is 11.8 Å². The van der Waals surface area contributed by atoms with E-state index in [-0.39, 0.29) is 0 Å². The van der Waals surface area contributed by atoms with Gasteiger partial charge in [-0.15, -0.1) is 0 Å². The quantitative estimate of drug-likeness (QED) is 0.708. The molecule has 0 radical (unpaired) electrons. The molecule has 20 heavy (non-hydrogen) atoms. The number of benzene rings is 1. The molecule has 1 unspecified atom stereocenters. The van der Waals surface area contributed by atoms with Crippen molar-refractivity contribution in [3.8, 4) is 11.5 Å². The van der Waals surface area contributed by atoms with Crippen molar-refractivity contribution < 1.29 is 9.47 Å². The van der Waals surface area contributed by atoms with Crippen molar-refractivity contribution in [2.75, 3.05) is 26.8 Å². The van der Waals surface area contributed by atoms with Gasteiger partial charge < -0.3 is 14.8 Å². The lowest BCUT2D eigenvalue weighted by Crippen LogP contribution is -2.27. The third-order valence-electron chi connectivity index (χ3n) is 3.42. The number of methoxy groups -OCH3 is 1. The van der Waals surface area contributed by atoms with Crippen molar-refractivity contribution in [3.63, 3.8) is 0 Å². The zero-order chi connectivity index (χ0) is 14.8. The summed E-state index contributed by atoms with van der Waals surface area (Å²) in [6, 6.07) is 7.77. The molecule has 1 aromatic rings. The fourth-order valence-electron chi connectivity index (χ4n) is 2.04. The van der Waals surface area contributed by atoms with Crippen LogP contribution in [0.25, 0.3) is 0 Å². The molecule has 0 heterocycles. The summed E-state index contributed by atoms with van der Waals surface area (Å²) in [6.07, 6.45) is 2.28. The smallest absolute Gasteiger partial charge is 0.119 e.